The van der Waals surface area contributed by atoms with Gasteiger partial charge < -0.3 is 9.47 Å². The zero-order valence-corrected chi connectivity index (χ0v) is 24.3. The van der Waals surface area contributed by atoms with Crippen molar-refractivity contribution in [2.45, 2.75) is 39.5 Å². The van der Waals surface area contributed by atoms with Crippen LogP contribution in [-0.4, -0.2) is 23.4 Å². The number of para-hydroxylation sites is 2. The van der Waals surface area contributed by atoms with E-state index in [9.17, 15) is 4.79 Å². The Balaban J connectivity index is 1.14. The molecule has 6 aromatic rings. The Labute approximate surface area is 247 Å². The minimum Gasteiger partial charge on any atom is -0.372 e. The molecule has 3 nitrogen and oxygen atoms in total. The van der Waals surface area contributed by atoms with Gasteiger partial charge in [0.05, 0.1) is 11.0 Å². The number of carbonyl (C=O) groups is 1. The van der Waals surface area contributed by atoms with Gasteiger partial charge in [0.25, 0.3) is 0 Å². The molecule has 0 spiro atoms. The van der Waals surface area contributed by atoms with Crippen molar-refractivity contribution >= 4 is 33.3 Å². The number of piperidine rings is 1. The molecular weight excluding hydrogens is 512 g/mol. The average molecular weight is 547 g/mol. The molecule has 206 valence electrons. The number of hydrogen-bond donors (Lipinski definition) is 0. The average Bonchev–Trinajstić information content (AvgIpc) is 3.38. The summed E-state index contributed by atoms with van der Waals surface area (Å²) in [5.74, 6) is 0.145. The van der Waals surface area contributed by atoms with Gasteiger partial charge in [-0.1, -0.05) is 60.7 Å². The molecule has 5 aromatic carbocycles. The lowest BCUT2D eigenvalue weighted by Crippen LogP contribution is -2.29. The van der Waals surface area contributed by atoms with E-state index in [-0.39, 0.29) is 5.78 Å². The smallest absolute Gasteiger partial charge is 0.193 e. The molecule has 0 unspecified atom stereocenters. The van der Waals surface area contributed by atoms with Crippen LogP contribution in [-0.2, 0) is 6.42 Å². The summed E-state index contributed by atoms with van der Waals surface area (Å²) < 4.78 is 2.41. The van der Waals surface area contributed by atoms with Gasteiger partial charge in [-0.3, -0.25) is 4.79 Å². The number of fused-ring (bicyclic) bond motifs is 5. The van der Waals surface area contributed by atoms with Crippen molar-refractivity contribution in [3.05, 3.63) is 130 Å². The van der Waals surface area contributed by atoms with E-state index in [1.54, 1.807) is 0 Å². The van der Waals surface area contributed by atoms with Gasteiger partial charge in [0, 0.05) is 46.4 Å². The molecule has 42 heavy (non-hydrogen) atoms. The van der Waals surface area contributed by atoms with E-state index >= 15 is 0 Å². The first-order valence-electron chi connectivity index (χ1n) is 15.2. The van der Waals surface area contributed by atoms with Crippen LogP contribution in [0.3, 0.4) is 0 Å². The molecule has 1 aromatic heterocycles. The fourth-order valence-electron chi connectivity index (χ4n) is 7.29. The number of benzene rings is 5. The summed E-state index contributed by atoms with van der Waals surface area (Å²) in [4.78, 5) is 16.2. The molecule has 8 rings (SSSR count). The van der Waals surface area contributed by atoms with Crippen molar-refractivity contribution in [2.24, 2.45) is 0 Å². The van der Waals surface area contributed by atoms with Crippen LogP contribution >= 0.6 is 0 Å². The summed E-state index contributed by atoms with van der Waals surface area (Å²) in [6, 6.07) is 34.8. The molecule has 0 bridgehead atoms. The summed E-state index contributed by atoms with van der Waals surface area (Å²) in [6.07, 6.45) is 4.63. The maximum absolute atomic E-state index is 13.7. The van der Waals surface area contributed by atoms with Gasteiger partial charge in [-0.25, -0.2) is 0 Å². The number of nitrogens with zero attached hydrogens (tertiary/aromatic N) is 2. The Bertz CT molecular complexity index is 1960. The Kier molecular flexibility index (Phi) is 5.82. The fourth-order valence-corrected chi connectivity index (χ4v) is 7.29. The van der Waals surface area contributed by atoms with E-state index < -0.39 is 0 Å². The van der Waals surface area contributed by atoms with Crippen LogP contribution in [0.1, 0.15) is 57.4 Å². The van der Waals surface area contributed by atoms with Gasteiger partial charge in [0.1, 0.15) is 0 Å². The first kappa shape index (κ1) is 25.1. The van der Waals surface area contributed by atoms with Gasteiger partial charge in [-0.15, -0.1) is 0 Å². The van der Waals surface area contributed by atoms with Crippen LogP contribution < -0.4 is 4.90 Å². The molecule has 0 saturated carbocycles. The highest BCUT2D eigenvalue weighted by Crippen LogP contribution is 2.37. The highest BCUT2D eigenvalue weighted by atomic mass is 16.1. The lowest BCUT2D eigenvalue weighted by atomic mass is 9.83. The second kappa shape index (κ2) is 9.73. The zero-order chi connectivity index (χ0) is 28.4. The molecule has 0 amide bonds. The lowest BCUT2D eigenvalue weighted by molar-refractivity contribution is 0.103. The number of carbonyl (C=O) groups excluding carboxylic acids is 1. The first-order valence-corrected chi connectivity index (χ1v) is 15.2. The highest BCUT2D eigenvalue weighted by molar-refractivity contribution is 6.13. The Hall–Kier alpha value is -4.63. The van der Waals surface area contributed by atoms with Crippen molar-refractivity contribution in [1.29, 1.82) is 0 Å². The van der Waals surface area contributed by atoms with E-state index in [1.165, 1.54) is 57.9 Å². The normalized spacial score (nSPS) is 14.8. The maximum Gasteiger partial charge on any atom is 0.193 e. The molecule has 0 N–H and O–H groups in total. The predicted octanol–water partition coefficient (Wildman–Crippen LogP) is 9.19. The quantitative estimate of drug-likeness (QED) is 0.221. The molecule has 2 aliphatic rings. The zero-order valence-electron chi connectivity index (χ0n) is 24.3. The van der Waals surface area contributed by atoms with E-state index in [4.69, 9.17) is 0 Å². The maximum atomic E-state index is 13.7. The first-order chi connectivity index (χ1) is 20.6. The number of aromatic nitrogens is 1. The highest BCUT2D eigenvalue weighted by Gasteiger charge is 2.25. The summed E-state index contributed by atoms with van der Waals surface area (Å²) in [5.41, 5.74) is 13.6. The molecule has 0 radical (unpaired) electrons. The third-order valence-electron chi connectivity index (χ3n) is 9.46. The molecule has 3 heteroatoms. The molecule has 2 heterocycles. The second-order valence-corrected chi connectivity index (χ2v) is 12.1. The minimum absolute atomic E-state index is 0.145. The topological polar surface area (TPSA) is 25.2 Å². The number of rotatable bonds is 3. The number of ketones is 1. The van der Waals surface area contributed by atoms with Crippen molar-refractivity contribution in [3.8, 4) is 16.8 Å². The van der Waals surface area contributed by atoms with Gasteiger partial charge in [0.2, 0.25) is 0 Å². The van der Waals surface area contributed by atoms with E-state index in [0.29, 0.717) is 0 Å². The van der Waals surface area contributed by atoms with Gasteiger partial charge in [-0.05, 0) is 109 Å². The Morgan fingerprint density at radius 1 is 0.571 bits per heavy atom. The third-order valence-corrected chi connectivity index (χ3v) is 9.46. The number of anilines is 1. The Morgan fingerprint density at radius 3 is 1.90 bits per heavy atom. The second-order valence-electron chi connectivity index (χ2n) is 12.1. The predicted molar refractivity (Wildman–Crippen MR) is 174 cm³/mol. The number of aryl methyl sites for hydroxylation is 2. The van der Waals surface area contributed by atoms with Gasteiger partial charge in [0.15, 0.2) is 5.78 Å². The minimum atomic E-state index is 0.145. The van der Waals surface area contributed by atoms with Crippen LogP contribution in [0.25, 0.3) is 38.6 Å². The molecule has 1 aliphatic carbocycles. The van der Waals surface area contributed by atoms with Crippen LogP contribution in [0.15, 0.2) is 97.1 Å². The van der Waals surface area contributed by atoms with Crippen molar-refractivity contribution < 1.29 is 4.79 Å². The standard InChI is InChI=1S/C39H34N2O/c1-25-8-6-10-34-35-11-7-9-26(2)38(35)41(37(25)34)31-16-14-27(15-17-31)28-12-13-29-22-30-23-32(40-20-4-3-5-21-40)18-19-33(30)39(42)36(29)24-28/h6-19,23-24H,3-5,20-22H2,1-2H3. The monoisotopic (exact) mass is 546 g/mol. The van der Waals surface area contributed by atoms with Crippen LogP contribution in [0, 0.1) is 13.8 Å². The van der Waals surface area contributed by atoms with Crippen molar-refractivity contribution in [3.63, 3.8) is 0 Å². The van der Waals surface area contributed by atoms with E-state index in [1.807, 2.05) is 0 Å². The summed E-state index contributed by atoms with van der Waals surface area (Å²) >= 11 is 0. The van der Waals surface area contributed by atoms with Gasteiger partial charge >= 0.3 is 0 Å². The van der Waals surface area contributed by atoms with Crippen LogP contribution in [0.4, 0.5) is 5.69 Å². The van der Waals surface area contributed by atoms with Gasteiger partial charge in [-0.2, -0.15) is 0 Å². The molecule has 1 saturated heterocycles. The summed E-state index contributed by atoms with van der Waals surface area (Å²) in [6.45, 7) is 6.61. The van der Waals surface area contributed by atoms with E-state index in [2.05, 4.69) is 120 Å². The van der Waals surface area contributed by atoms with Crippen LogP contribution in [0.2, 0.25) is 0 Å². The largest absolute Gasteiger partial charge is 0.372 e. The lowest BCUT2D eigenvalue weighted by Gasteiger charge is -2.30. The molecule has 1 aliphatic heterocycles. The summed E-state index contributed by atoms with van der Waals surface area (Å²) in [7, 11) is 0. The van der Waals surface area contributed by atoms with E-state index in [0.717, 1.165) is 58.6 Å². The molecular formula is C39H34N2O. The molecule has 1 fully saturated rings. The SMILES string of the molecule is Cc1cccc2c3cccc(C)c3n(-c3ccc(-c4ccc5c(c4)C(=O)c4ccc(N6CCCCC6)cc4C5)cc3)c12. The fraction of sp³-hybridized carbons (Fsp3) is 0.205. The Morgan fingerprint density at radius 2 is 1.21 bits per heavy atom. The van der Waals surface area contributed by atoms with Crippen molar-refractivity contribution in [1.82, 2.24) is 4.57 Å². The number of hydrogen-bond acceptors (Lipinski definition) is 2. The molecule has 0 atom stereocenters. The van der Waals surface area contributed by atoms with Crippen molar-refractivity contribution in [2.75, 3.05) is 18.0 Å². The summed E-state index contributed by atoms with van der Waals surface area (Å²) in [5, 5.41) is 2.57. The van der Waals surface area contributed by atoms with Crippen LogP contribution in [0.5, 0.6) is 0 Å². The third kappa shape index (κ3) is 3.91.